The van der Waals surface area contributed by atoms with Gasteiger partial charge in [-0.2, -0.15) is 0 Å². The Labute approximate surface area is 102 Å². The molecule has 0 saturated heterocycles. The van der Waals surface area contributed by atoms with E-state index in [4.69, 9.17) is 5.11 Å². The molecule has 3 atom stereocenters. The lowest BCUT2D eigenvalue weighted by Gasteiger charge is -2.19. The second-order valence-corrected chi connectivity index (χ2v) is 5.54. The van der Waals surface area contributed by atoms with Crippen molar-refractivity contribution in [1.82, 2.24) is 0 Å². The maximum atomic E-state index is 9.01. The molecular weight excluding hydrogens is 196 g/mol. The van der Waals surface area contributed by atoms with Crippen molar-refractivity contribution in [3.05, 3.63) is 12.7 Å². The zero-order chi connectivity index (χ0) is 12.4. The van der Waals surface area contributed by atoms with Gasteiger partial charge < -0.3 is 5.11 Å². The molecule has 0 spiro atoms. The van der Waals surface area contributed by atoms with Crippen LogP contribution in [0.3, 0.4) is 0 Å². The topological polar surface area (TPSA) is 20.2 Å². The number of hydrogen-bond acceptors (Lipinski definition) is 1. The van der Waals surface area contributed by atoms with Crippen LogP contribution in [-0.4, -0.2) is 11.7 Å². The second-order valence-electron chi connectivity index (χ2n) is 5.54. The molecule has 0 bridgehead atoms. The highest BCUT2D eigenvalue weighted by atomic mass is 16.3. The molecule has 0 fully saturated rings. The van der Waals surface area contributed by atoms with Crippen molar-refractivity contribution in [3.8, 4) is 0 Å². The summed E-state index contributed by atoms with van der Waals surface area (Å²) < 4.78 is 0. The summed E-state index contributed by atoms with van der Waals surface area (Å²) in [6.07, 6.45) is 9.59. The van der Waals surface area contributed by atoms with Crippen LogP contribution in [0.25, 0.3) is 0 Å². The minimum Gasteiger partial charge on any atom is -0.396 e. The van der Waals surface area contributed by atoms with Crippen molar-refractivity contribution in [2.45, 2.75) is 59.3 Å². The average molecular weight is 226 g/mol. The Morgan fingerprint density at radius 1 is 1.00 bits per heavy atom. The number of rotatable bonds is 10. The first-order chi connectivity index (χ1) is 7.60. The highest BCUT2D eigenvalue weighted by Crippen LogP contribution is 2.23. The SMILES string of the molecule is C=CCCCCC(C)CC(C)CC(C)CO. The molecule has 0 aliphatic heterocycles. The van der Waals surface area contributed by atoms with Crippen LogP contribution >= 0.6 is 0 Å². The number of aliphatic hydroxyl groups is 1. The van der Waals surface area contributed by atoms with Gasteiger partial charge in [-0.1, -0.05) is 39.7 Å². The van der Waals surface area contributed by atoms with Gasteiger partial charge in [0.25, 0.3) is 0 Å². The molecule has 0 aromatic rings. The van der Waals surface area contributed by atoms with Crippen molar-refractivity contribution >= 4 is 0 Å². The summed E-state index contributed by atoms with van der Waals surface area (Å²) in [5, 5.41) is 9.01. The maximum Gasteiger partial charge on any atom is 0.0456 e. The van der Waals surface area contributed by atoms with E-state index in [1.807, 2.05) is 6.08 Å². The fraction of sp³-hybridized carbons (Fsp3) is 0.867. The van der Waals surface area contributed by atoms with E-state index < -0.39 is 0 Å². The van der Waals surface area contributed by atoms with Gasteiger partial charge in [-0.15, -0.1) is 6.58 Å². The average Bonchev–Trinajstić information content (AvgIpc) is 2.24. The molecule has 0 aliphatic carbocycles. The standard InChI is InChI=1S/C15H30O/c1-5-6-7-8-9-13(2)10-14(3)11-15(4)12-16/h5,13-16H,1,6-12H2,2-4H3. The van der Waals surface area contributed by atoms with E-state index in [0.717, 1.165) is 24.7 Å². The molecule has 0 rings (SSSR count). The molecule has 0 saturated carbocycles. The lowest BCUT2D eigenvalue weighted by molar-refractivity contribution is 0.206. The lowest BCUT2D eigenvalue weighted by atomic mass is 9.87. The molecule has 0 amide bonds. The van der Waals surface area contributed by atoms with Gasteiger partial charge in [0.05, 0.1) is 0 Å². The van der Waals surface area contributed by atoms with Gasteiger partial charge in [-0.3, -0.25) is 0 Å². The van der Waals surface area contributed by atoms with Gasteiger partial charge in [0.2, 0.25) is 0 Å². The molecule has 1 N–H and O–H groups in total. The lowest BCUT2D eigenvalue weighted by Crippen LogP contribution is -2.10. The van der Waals surface area contributed by atoms with E-state index >= 15 is 0 Å². The molecule has 0 aliphatic rings. The van der Waals surface area contributed by atoms with Crippen LogP contribution in [0.4, 0.5) is 0 Å². The van der Waals surface area contributed by atoms with Crippen LogP contribution in [0.5, 0.6) is 0 Å². The summed E-state index contributed by atoms with van der Waals surface area (Å²) in [6.45, 7) is 10.9. The van der Waals surface area contributed by atoms with Crippen LogP contribution in [0.15, 0.2) is 12.7 Å². The molecular formula is C15H30O. The van der Waals surface area contributed by atoms with Gasteiger partial charge in [0.1, 0.15) is 0 Å². The van der Waals surface area contributed by atoms with Crippen molar-refractivity contribution in [2.24, 2.45) is 17.8 Å². The van der Waals surface area contributed by atoms with Gasteiger partial charge in [-0.05, 0) is 43.4 Å². The van der Waals surface area contributed by atoms with Gasteiger partial charge in [0, 0.05) is 6.61 Å². The minimum atomic E-state index is 0.331. The second kappa shape index (κ2) is 9.89. The fourth-order valence-corrected chi connectivity index (χ4v) is 2.44. The molecule has 0 aromatic carbocycles. The fourth-order valence-electron chi connectivity index (χ4n) is 2.44. The summed E-state index contributed by atoms with van der Waals surface area (Å²) in [5.74, 6) is 2.03. The van der Waals surface area contributed by atoms with Crippen molar-refractivity contribution in [3.63, 3.8) is 0 Å². The Morgan fingerprint density at radius 3 is 2.19 bits per heavy atom. The molecule has 3 unspecified atom stereocenters. The van der Waals surface area contributed by atoms with Crippen LogP contribution < -0.4 is 0 Å². The highest BCUT2D eigenvalue weighted by Gasteiger charge is 2.11. The first kappa shape index (κ1) is 15.7. The maximum absolute atomic E-state index is 9.01. The summed E-state index contributed by atoms with van der Waals surface area (Å²) in [6, 6.07) is 0. The van der Waals surface area contributed by atoms with E-state index in [1.165, 1.54) is 25.7 Å². The Balaban J connectivity index is 3.53. The number of aliphatic hydroxyl groups excluding tert-OH is 1. The van der Waals surface area contributed by atoms with E-state index in [-0.39, 0.29) is 0 Å². The van der Waals surface area contributed by atoms with Gasteiger partial charge in [0.15, 0.2) is 0 Å². The molecule has 1 heteroatoms. The van der Waals surface area contributed by atoms with Crippen molar-refractivity contribution in [1.29, 1.82) is 0 Å². The predicted octanol–water partition coefficient (Wildman–Crippen LogP) is 4.41. The summed E-state index contributed by atoms with van der Waals surface area (Å²) >= 11 is 0. The molecule has 0 radical (unpaired) electrons. The smallest absolute Gasteiger partial charge is 0.0456 e. The third kappa shape index (κ3) is 8.96. The molecule has 96 valence electrons. The van der Waals surface area contributed by atoms with E-state index in [1.54, 1.807) is 0 Å². The number of unbranched alkanes of at least 4 members (excludes halogenated alkanes) is 2. The third-order valence-corrected chi connectivity index (χ3v) is 3.28. The monoisotopic (exact) mass is 226 g/mol. The van der Waals surface area contributed by atoms with Crippen LogP contribution in [-0.2, 0) is 0 Å². The van der Waals surface area contributed by atoms with Gasteiger partial charge >= 0.3 is 0 Å². The van der Waals surface area contributed by atoms with Crippen molar-refractivity contribution < 1.29 is 5.11 Å². The Hall–Kier alpha value is -0.300. The Morgan fingerprint density at radius 2 is 1.62 bits per heavy atom. The summed E-state index contributed by atoms with van der Waals surface area (Å²) in [7, 11) is 0. The van der Waals surface area contributed by atoms with E-state index in [0.29, 0.717) is 12.5 Å². The Bertz CT molecular complexity index is 165. The van der Waals surface area contributed by atoms with E-state index in [2.05, 4.69) is 27.4 Å². The van der Waals surface area contributed by atoms with Crippen LogP contribution in [0, 0.1) is 17.8 Å². The number of hydrogen-bond donors (Lipinski definition) is 1. The molecule has 0 aromatic heterocycles. The Kier molecular flexibility index (Phi) is 9.71. The summed E-state index contributed by atoms with van der Waals surface area (Å²) in [4.78, 5) is 0. The highest BCUT2D eigenvalue weighted by molar-refractivity contribution is 4.67. The first-order valence-electron chi connectivity index (χ1n) is 6.81. The van der Waals surface area contributed by atoms with Crippen LogP contribution in [0.2, 0.25) is 0 Å². The van der Waals surface area contributed by atoms with E-state index in [9.17, 15) is 0 Å². The molecule has 0 heterocycles. The predicted molar refractivity (Wildman–Crippen MR) is 72.5 cm³/mol. The number of allylic oxidation sites excluding steroid dienone is 1. The molecule has 1 nitrogen and oxygen atoms in total. The zero-order valence-corrected chi connectivity index (χ0v) is 11.4. The normalized spacial score (nSPS) is 16.8. The van der Waals surface area contributed by atoms with Gasteiger partial charge in [-0.25, -0.2) is 0 Å². The first-order valence-corrected chi connectivity index (χ1v) is 6.81. The largest absolute Gasteiger partial charge is 0.396 e. The quantitative estimate of drug-likeness (QED) is 0.432. The zero-order valence-electron chi connectivity index (χ0n) is 11.4. The molecule has 16 heavy (non-hydrogen) atoms. The summed E-state index contributed by atoms with van der Waals surface area (Å²) in [5.41, 5.74) is 0. The minimum absolute atomic E-state index is 0.331. The third-order valence-electron chi connectivity index (χ3n) is 3.28. The van der Waals surface area contributed by atoms with Crippen LogP contribution in [0.1, 0.15) is 59.3 Å². The van der Waals surface area contributed by atoms with Crippen molar-refractivity contribution in [2.75, 3.05) is 6.61 Å².